The number of halogens is 2. The first-order valence-corrected chi connectivity index (χ1v) is 12.8. The highest BCUT2D eigenvalue weighted by molar-refractivity contribution is 5.98. The number of hydrogen-bond donors (Lipinski definition) is 2. The lowest BCUT2D eigenvalue weighted by molar-refractivity contribution is -0.130. The van der Waals surface area contributed by atoms with E-state index >= 15 is 0 Å². The number of carbonyl (C=O) groups is 2. The van der Waals surface area contributed by atoms with Crippen molar-refractivity contribution in [3.05, 3.63) is 47.7 Å². The van der Waals surface area contributed by atoms with Crippen LogP contribution in [0, 0.1) is 0 Å². The van der Waals surface area contributed by atoms with Gasteiger partial charge in [-0.25, -0.2) is 13.8 Å². The van der Waals surface area contributed by atoms with E-state index in [0.29, 0.717) is 24.8 Å². The molecule has 0 bridgehead atoms. The van der Waals surface area contributed by atoms with Gasteiger partial charge in [-0.05, 0) is 38.8 Å². The van der Waals surface area contributed by atoms with Gasteiger partial charge in [0.15, 0.2) is 0 Å². The number of carbonyl (C=O) groups excluding carboxylic acids is 2. The Balaban J connectivity index is 1.38. The second kappa shape index (κ2) is 11.8. The van der Waals surface area contributed by atoms with Crippen molar-refractivity contribution in [3.8, 4) is 11.3 Å². The maximum atomic E-state index is 13.4. The molecule has 0 unspecified atom stereocenters. The number of piperidine rings is 1. The molecule has 2 amide bonds. The Labute approximate surface area is 220 Å². The second-order valence-electron chi connectivity index (χ2n) is 9.96. The normalized spacial score (nSPS) is 18.2. The zero-order valence-electron chi connectivity index (χ0n) is 21.8. The minimum Gasteiger partial charge on any atom is -0.396 e. The van der Waals surface area contributed by atoms with Gasteiger partial charge in [-0.2, -0.15) is 5.10 Å². The zero-order chi connectivity index (χ0) is 27.4. The predicted molar refractivity (Wildman–Crippen MR) is 140 cm³/mol. The van der Waals surface area contributed by atoms with Crippen LogP contribution >= 0.6 is 0 Å². The monoisotopic (exact) mass is 528 g/mol. The number of amides is 2. The van der Waals surface area contributed by atoms with Crippen molar-refractivity contribution < 1.29 is 18.4 Å². The van der Waals surface area contributed by atoms with Crippen LogP contribution in [0.5, 0.6) is 0 Å². The molecular weight excluding hydrogens is 494 g/mol. The predicted octanol–water partition coefficient (Wildman–Crippen LogP) is 2.46. The van der Waals surface area contributed by atoms with Gasteiger partial charge in [0, 0.05) is 63.2 Å². The van der Waals surface area contributed by atoms with Crippen molar-refractivity contribution in [2.45, 2.75) is 58.2 Å². The molecule has 2 aliphatic heterocycles. The molecule has 2 aromatic heterocycles. The number of aromatic nitrogens is 3. The SMILES string of the molecule is CC(=O)N1CCC(N2CC(N=CC(NC(=O)c3cccc(-c4cnn(C(C)C)c4)n3)=C(N)C(F)F)C2)CC1. The van der Waals surface area contributed by atoms with Crippen molar-refractivity contribution >= 4 is 18.0 Å². The lowest BCUT2D eigenvalue weighted by Gasteiger charge is -2.45. The smallest absolute Gasteiger partial charge is 0.279 e. The van der Waals surface area contributed by atoms with Gasteiger partial charge in [0.1, 0.15) is 11.4 Å². The van der Waals surface area contributed by atoms with Crippen molar-refractivity contribution in [2.24, 2.45) is 10.7 Å². The molecule has 2 saturated heterocycles. The van der Waals surface area contributed by atoms with Crippen LogP contribution in [0.25, 0.3) is 11.3 Å². The van der Waals surface area contributed by atoms with Gasteiger partial charge in [0.2, 0.25) is 5.91 Å². The highest BCUT2D eigenvalue weighted by Gasteiger charge is 2.34. The average Bonchev–Trinajstić information content (AvgIpc) is 3.38. The Kier molecular flexibility index (Phi) is 8.50. The first-order valence-electron chi connectivity index (χ1n) is 12.8. The minimum absolute atomic E-state index is 0.0551. The van der Waals surface area contributed by atoms with Crippen LogP contribution in [0.2, 0.25) is 0 Å². The van der Waals surface area contributed by atoms with Crippen LogP contribution in [0.3, 0.4) is 0 Å². The molecule has 10 nitrogen and oxygen atoms in total. The Morgan fingerprint density at radius 2 is 1.92 bits per heavy atom. The van der Waals surface area contributed by atoms with Crippen molar-refractivity contribution in [3.63, 3.8) is 0 Å². The minimum atomic E-state index is -2.96. The molecule has 0 saturated carbocycles. The number of likely N-dealkylation sites (tertiary alicyclic amines) is 2. The van der Waals surface area contributed by atoms with Gasteiger partial charge in [-0.15, -0.1) is 0 Å². The summed E-state index contributed by atoms with van der Waals surface area (Å²) in [6, 6.07) is 5.38. The summed E-state index contributed by atoms with van der Waals surface area (Å²) in [7, 11) is 0. The highest BCUT2D eigenvalue weighted by Crippen LogP contribution is 2.23. The molecule has 0 spiro atoms. The number of alkyl halides is 2. The van der Waals surface area contributed by atoms with Gasteiger partial charge >= 0.3 is 0 Å². The van der Waals surface area contributed by atoms with E-state index in [1.807, 2.05) is 24.9 Å². The summed E-state index contributed by atoms with van der Waals surface area (Å²) >= 11 is 0. The third kappa shape index (κ3) is 6.42. The second-order valence-corrected chi connectivity index (χ2v) is 9.96. The molecule has 0 atom stereocenters. The summed E-state index contributed by atoms with van der Waals surface area (Å²) < 4.78 is 28.7. The fourth-order valence-electron chi connectivity index (χ4n) is 4.56. The molecule has 2 aromatic rings. The van der Waals surface area contributed by atoms with Crippen molar-refractivity contribution in [2.75, 3.05) is 26.2 Å². The Hall–Kier alpha value is -3.67. The topological polar surface area (TPSA) is 122 Å². The van der Waals surface area contributed by atoms with Gasteiger partial charge in [-0.3, -0.25) is 24.2 Å². The van der Waals surface area contributed by atoms with Gasteiger partial charge in [-0.1, -0.05) is 6.07 Å². The van der Waals surface area contributed by atoms with Crippen LogP contribution in [0.4, 0.5) is 8.78 Å². The summed E-state index contributed by atoms with van der Waals surface area (Å²) in [6.45, 7) is 8.43. The highest BCUT2D eigenvalue weighted by atomic mass is 19.3. The van der Waals surface area contributed by atoms with Crippen LogP contribution in [0.1, 0.15) is 50.1 Å². The van der Waals surface area contributed by atoms with E-state index in [9.17, 15) is 18.4 Å². The molecule has 0 aromatic carbocycles. The van der Waals surface area contributed by atoms with E-state index in [0.717, 1.165) is 31.5 Å². The zero-order valence-corrected chi connectivity index (χ0v) is 21.8. The summed E-state index contributed by atoms with van der Waals surface area (Å²) in [6.07, 6.45) is 3.56. The van der Waals surface area contributed by atoms with Crippen molar-refractivity contribution in [1.29, 1.82) is 0 Å². The van der Waals surface area contributed by atoms with Gasteiger partial charge < -0.3 is 16.0 Å². The lowest BCUT2D eigenvalue weighted by atomic mass is 9.97. The van der Waals surface area contributed by atoms with Gasteiger partial charge in [0.25, 0.3) is 12.3 Å². The summed E-state index contributed by atoms with van der Waals surface area (Å²) in [4.78, 5) is 37.4. The molecular formula is C26H34F2N8O2. The molecule has 2 aliphatic rings. The lowest BCUT2D eigenvalue weighted by Crippen LogP contribution is -2.57. The number of hydrogen-bond acceptors (Lipinski definition) is 7. The number of aliphatic imine (C=N–C) groups is 1. The summed E-state index contributed by atoms with van der Waals surface area (Å²) in [5.41, 5.74) is 5.95. The molecule has 2 fully saturated rings. The number of nitrogens with zero attached hydrogens (tertiary/aromatic N) is 6. The van der Waals surface area contributed by atoms with E-state index in [4.69, 9.17) is 5.73 Å². The summed E-state index contributed by atoms with van der Waals surface area (Å²) in [5.74, 6) is -0.572. The molecule has 12 heteroatoms. The first-order chi connectivity index (χ1) is 18.1. The number of nitrogens with two attached hydrogens (primary N) is 1. The Bertz CT molecular complexity index is 1210. The van der Waals surface area contributed by atoms with E-state index in [2.05, 4.69) is 25.3 Å². The third-order valence-corrected chi connectivity index (χ3v) is 6.93. The standard InChI is InChI=1S/C26H34F2N8O2/c1-16(2)36-13-18(11-31-36)21-5-4-6-22(32-21)26(38)33-23(24(29)25(27)28)12-30-19-14-35(15-19)20-7-9-34(10-8-20)17(3)37/h4-6,11-13,16,19-20,25H,7-10,14-15,29H2,1-3H3,(H,33,38). The molecule has 4 rings (SSSR count). The number of allylic oxidation sites excluding steroid dienone is 2. The molecule has 3 N–H and O–H groups in total. The maximum absolute atomic E-state index is 13.4. The fourth-order valence-corrected chi connectivity index (χ4v) is 4.56. The van der Waals surface area contributed by atoms with E-state index in [1.165, 1.54) is 12.3 Å². The fraction of sp³-hybridized carbons (Fsp3) is 0.500. The Morgan fingerprint density at radius 1 is 1.21 bits per heavy atom. The quantitative estimate of drug-likeness (QED) is 0.508. The number of rotatable bonds is 8. The van der Waals surface area contributed by atoms with E-state index < -0.39 is 18.0 Å². The van der Waals surface area contributed by atoms with Crippen LogP contribution < -0.4 is 11.1 Å². The number of pyridine rings is 1. The number of nitrogens with one attached hydrogen (secondary N) is 1. The maximum Gasteiger partial charge on any atom is 0.279 e. The molecule has 38 heavy (non-hydrogen) atoms. The van der Waals surface area contributed by atoms with Crippen LogP contribution in [-0.2, 0) is 4.79 Å². The van der Waals surface area contributed by atoms with E-state index in [-0.39, 0.29) is 29.4 Å². The van der Waals surface area contributed by atoms with Gasteiger partial charge in [0.05, 0.1) is 23.6 Å². The van der Waals surface area contributed by atoms with Crippen LogP contribution in [-0.4, -0.2) is 87.3 Å². The Morgan fingerprint density at radius 3 is 2.53 bits per heavy atom. The van der Waals surface area contributed by atoms with Crippen LogP contribution in [0.15, 0.2) is 47.0 Å². The molecule has 4 heterocycles. The molecule has 0 aliphatic carbocycles. The first kappa shape index (κ1) is 27.4. The van der Waals surface area contributed by atoms with E-state index in [1.54, 1.807) is 29.9 Å². The largest absolute Gasteiger partial charge is 0.396 e. The van der Waals surface area contributed by atoms with Crippen molar-refractivity contribution in [1.82, 2.24) is 29.9 Å². The molecule has 204 valence electrons. The molecule has 0 radical (unpaired) electrons. The average molecular weight is 529 g/mol. The third-order valence-electron chi connectivity index (χ3n) is 6.93. The summed E-state index contributed by atoms with van der Waals surface area (Å²) in [5, 5.41) is 6.75.